The number of furan rings is 1. The van der Waals surface area contributed by atoms with Gasteiger partial charge in [0.1, 0.15) is 5.76 Å². The van der Waals surface area contributed by atoms with E-state index in [0.29, 0.717) is 6.54 Å². The van der Waals surface area contributed by atoms with E-state index in [-0.39, 0.29) is 5.91 Å². The van der Waals surface area contributed by atoms with E-state index in [4.69, 9.17) is 4.42 Å². The third-order valence-electron chi connectivity index (χ3n) is 3.70. The van der Waals surface area contributed by atoms with Gasteiger partial charge in [-0.05, 0) is 26.0 Å². The number of rotatable bonds is 5. The molecule has 1 aromatic heterocycles. The van der Waals surface area contributed by atoms with Crippen molar-refractivity contribution in [3.8, 4) is 0 Å². The second kappa shape index (κ2) is 6.21. The number of nitrogens with zero attached hydrogens (tertiary/aromatic N) is 1. The van der Waals surface area contributed by atoms with E-state index in [1.54, 1.807) is 6.26 Å². The molecule has 0 saturated carbocycles. The molecule has 2 heterocycles. The molecule has 19 heavy (non-hydrogen) atoms. The maximum atomic E-state index is 12.3. The SMILES string of the molecule is CC(C)(C(=O)NCCc1ccco1)N1CCNCC1. The molecule has 1 aromatic rings. The highest BCUT2D eigenvalue weighted by molar-refractivity contribution is 5.85. The van der Waals surface area contributed by atoms with E-state index in [0.717, 1.165) is 38.4 Å². The molecule has 0 spiro atoms. The van der Waals surface area contributed by atoms with Crippen molar-refractivity contribution in [1.82, 2.24) is 15.5 Å². The molecule has 2 N–H and O–H groups in total. The number of piperazine rings is 1. The van der Waals surface area contributed by atoms with Crippen LogP contribution in [0.25, 0.3) is 0 Å². The smallest absolute Gasteiger partial charge is 0.239 e. The van der Waals surface area contributed by atoms with Crippen LogP contribution in [0.1, 0.15) is 19.6 Å². The van der Waals surface area contributed by atoms with Gasteiger partial charge in [-0.25, -0.2) is 0 Å². The second-order valence-corrected chi connectivity index (χ2v) is 5.38. The molecule has 1 amide bonds. The zero-order valence-electron chi connectivity index (χ0n) is 11.7. The fraction of sp³-hybridized carbons (Fsp3) is 0.643. The van der Waals surface area contributed by atoms with Gasteiger partial charge in [0.15, 0.2) is 0 Å². The Morgan fingerprint density at radius 1 is 1.47 bits per heavy atom. The molecular formula is C14H23N3O2. The van der Waals surface area contributed by atoms with Crippen molar-refractivity contribution in [2.75, 3.05) is 32.7 Å². The summed E-state index contributed by atoms with van der Waals surface area (Å²) in [6.07, 6.45) is 2.39. The summed E-state index contributed by atoms with van der Waals surface area (Å²) in [5.74, 6) is 0.987. The molecule has 5 nitrogen and oxygen atoms in total. The van der Waals surface area contributed by atoms with Gasteiger partial charge in [0, 0.05) is 39.1 Å². The Bertz CT molecular complexity index is 395. The van der Waals surface area contributed by atoms with Crippen LogP contribution in [-0.2, 0) is 11.2 Å². The molecule has 0 radical (unpaired) electrons. The average molecular weight is 265 g/mol. The van der Waals surface area contributed by atoms with Crippen LogP contribution in [0.15, 0.2) is 22.8 Å². The Morgan fingerprint density at radius 2 is 2.21 bits per heavy atom. The van der Waals surface area contributed by atoms with Gasteiger partial charge in [-0.3, -0.25) is 9.69 Å². The van der Waals surface area contributed by atoms with Crippen LogP contribution in [-0.4, -0.2) is 49.1 Å². The largest absolute Gasteiger partial charge is 0.469 e. The summed E-state index contributed by atoms with van der Waals surface area (Å²) in [5.41, 5.74) is -0.453. The van der Waals surface area contributed by atoms with Crippen molar-refractivity contribution in [2.45, 2.75) is 25.8 Å². The predicted octanol–water partition coefficient (Wildman–Crippen LogP) is 0.622. The quantitative estimate of drug-likeness (QED) is 0.819. The van der Waals surface area contributed by atoms with Crippen molar-refractivity contribution < 1.29 is 9.21 Å². The monoisotopic (exact) mass is 265 g/mol. The van der Waals surface area contributed by atoms with Gasteiger partial charge >= 0.3 is 0 Å². The first-order chi connectivity index (χ1) is 9.10. The lowest BCUT2D eigenvalue weighted by molar-refractivity contribution is -0.132. The van der Waals surface area contributed by atoms with Crippen LogP contribution in [0.5, 0.6) is 0 Å². The summed E-state index contributed by atoms with van der Waals surface area (Å²) in [6, 6.07) is 3.79. The molecule has 2 rings (SSSR count). The van der Waals surface area contributed by atoms with E-state index < -0.39 is 5.54 Å². The topological polar surface area (TPSA) is 57.5 Å². The lowest BCUT2D eigenvalue weighted by atomic mass is 10.0. The highest BCUT2D eigenvalue weighted by Gasteiger charge is 2.34. The third kappa shape index (κ3) is 3.58. The first kappa shape index (κ1) is 14.1. The summed E-state index contributed by atoms with van der Waals surface area (Å²) in [6.45, 7) is 8.31. The molecule has 1 saturated heterocycles. The summed E-state index contributed by atoms with van der Waals surface area (Å²) >= 11 is 0. The zero-order valence-corrected chi connectivity index (χ0v) is 11.7. The molecule has 0 aliphatic carbocycles. The van der Waals surface area contributed by atoms with E-state index in [1.165, 1.54) is 0 Å². The molecule has 5 heteroatoms. The molecule has 0 unspecified atom stereocenters. The predicted molar refractivity (Wildman–Crippen MR) is 73.9 cm³/mol. The normalized spacial score (nSPS) is 17.4. The van der Waals surface area contributed by atoms with Crippen LogP contribution < -0.4 is 10.6 Å². The summed E-state index contributed by atoms with van der Waals surface area (Å²) in [5, 5.41) is 6.30. The molecule has 0 bridgehead atoms. The minimum Gasteiger partial charge on any atom is -0.469 e. The number of hydrogen-bond acceptors (Lipinski definition) is 4. The van der Waals surface area contributed by atoms with Gasteiger partial charge in [-0.15, -0.1) is 0 Å². The van der Waals surface area contributed by atoms with E-state index >= 15 is 0 Å². The van der Waals surface area contributed by atoms with Crippen LogP contribution >= 0.6 is 0 Å². The zero-order chi connectivity index (χ0) is 13.7. The first-order valence-corrected chi connectivity index (χ1v) is 6.87. The maximum Gasteiger partial charge on any atom is 0.239 e. The summed E-state index contributed by atoms with van der Waals surface area (Å²) < 4.78 is 5.25. The Labute approximate surface area is 114 Å². The van der Waals surface area contributed by atoms with Crippen molar-refractivity contribution in [1.29, 1.82) is 0 Å². The standard InChI is InChI=1S/C14H23N3O2/c1-14(2,17-9-7-15-8-10-17)13(18)16-6-5-12-4-3-11-19-12/h3-4,11,15H,5-10H2,1-2H3,(H,16,18). The van der Waals surface area contributed by atoms with Gasteiger partial charge in [-0.2, -0.15) is 0 Å². The molecular weight excluding hydrogens is 242 g/mol. The van der Waals surface area contributed by atoms with Gasteiger partial charge in [0.2, 0.25) is 5.91 Å². The molecule has 1 fully saturated rings. The Morgan fingerprint density at radius 3 is 2.84 bits per heavy atom. The Balaban J connectivity index is 1.80. The van der Waals surface area contributed by atoms with Crippen LogP contribution in [0.3, 0.4) is 0 Å². The molecule has 106 valence electrons. The van der Waals surface area contributed by atoms with E-state index in [2.05, 4.69) is 15.5 Å². The molecule has 1 aliphatic rings. The van der Waals surface area contributed by atoms with Crippen LogP contribution in [0.2, 0.25) is 0 Å². The van der Waals surface area contributed by atoms with Crippen LogP contribution in [0, 0.1) is 0 Å². The van der Waals surface area contributed by atoms with Crippen LogP contribution in [0.4, 0.5) is 0 Å². The summed E-state index contributed by atoms with van der Waals surface area (Å²) in [7, 11) is 0. The van der Waals surface area contributed by atoms with Gasteiger partial charge in [-0.1, -0.05) is 0 Å². The van der Waals surface area contributed by atoms with Crippen molar-refractivity contribution in [3.05, 3.63) is 24.2 Å². The highest BCUT2D eigenvalue weighted by Crippen LogP contribution is 2.15. The van der Waals surface area contributed by atoms with E-state index in [1.807, 2.05) is 26.0 Å². The van der Waals surface area contributed by atoms with E-state index in [9.17, 15) is 4.79 Å². The first-order valence-electron chi connectivity index (χ1n) is 6.87. The lowest BCUT2D eigenvalue weighted by Crippen LogP contribution is -2.60. The number of nitrogens with one attached hydrogen (secondary N) is 2. The lowest BCUT2D eigenvalue weighted by Gasteiger charge is -2.39. The third-order valence-corrected chi connectivity index (χ3v) is 3.70. The van der Waals surface area contributed by atoms with Gasteiger partial charge in [0.05, 0.1) is 11.8 Å². The summed E-state index contributed by atoms with van der Waals surface area (Å²) in [4.78, 5) is 14.5. The molecule has 0 atom stereocenters. The Kier molecular flexibility index (Phi) is 4.61. The fourth-order valence-electron chi connectivity index (χ4n) is 2.34. The maximum absolute atomic E-state index is 12.3. The van der Waals surface area contributed by atoms with Crippen molar-refractivity contribution in [2.24, 2.45) is 0 Å². The highest BCUT2D eigenvalue weighted by atomic mass is 16.3. The number of hydrogen-bond donors (Lipinski definition) is 2. The molecule has 0 aromatic carbocycles. The second-order valence-electron chi connectivity index (χ2n) is 5.38. The average Bonchev–Trinajstić information content (AvgIpc) is 2.93. The van der Waals surface area contributed by atoms with Gasteiger partial charge in [0.25, 0.3) is 0 Å². The molecule has 1 aliphatic heterocycles. The van der Waals surface area contributed by atoms with Crippen molar-refractivity contribution in [3.63, 3.8) is 0 Å². The van der Waals surface area contributed by atoms with Crippen molar-refractivity contribution >= 4 is 5.91 Å². The fourth-order valence-corrected chi connectivity index (χ4v) is 2.34. The number of carbonyl (C=O) groups is 1. The minimum absolute atomic E-state index is 0.0842. The number of amides is 1. The number of carbonyl (C=O) groups excluding carboxylic acids is 1. The Hall–Kier alpha value is -1.33. The van der Waals surface area contributed by atoms with Gasteiger partial charge < -0.3 is 15.1 Å². The minimum atomic E-state index is -0.453.